The smallest absolute Gasteiger partial charge is 0.231 e. The van der Waals surface area contributed by atoms with Crippen molar-refractivity contribution in [3.05, 3.63) is 107 Å². The van der Waals surface area contributed by atoms with Crippen LogP contribution >= 0.6 is 0 Å². The van der Waals surface area contributed by atoms with Crippen LogP contribution in [0.1, 0.15) is 53.6 Å². The fourth-order valence-electron chi connectivity index (χ4n) is 5.09. The molecule has 0 spiro atoms. The van der Waals surface area contributed by atoms with E-state index in [-0.39, 0.29) is 17.6 Å². The molecule has 1 aromatic heterocycles. The molecule has 0 bridgehead atoms. The van der Waals surface area contributed by atoms with Crippen molar-refractivity contribution >= 4 is 17.3 Å². The van der Waals surface area contributed by atoms with Crippen molar-refractivity contribution in [2.75, 3.05) is 7.11 Å². The lowest BCUT2D eigenvalue weighted by molar-refractivity contribution is 0.253. The van der Waals surface area contributed by atoms with Crippen molar-refractivity contribution in [1.29, 1.82) is 0 Å². The van der Waals surface area contributed by atoms with Crippen LogP contribution in [0.3, 0.4) is 0 Å². The molecule has 0 saturated heterocycles. The summed E-state index contributed by atoms with van der Waals surface area (Å²) in [6, 6.07) is 22.9. The SMILES string of the molecule is COC1=NN2C(=NC(c3ccc(C4(N)CCC4)cc3)C2c2ccccc2)C(c2ccncc2)=C1. The molecule has 2 N–H and O–H groups in total. The van der Waals surface area contributed by atoms with Gasteiger partial charge in [0.2, 0.25) is 5.90 Å². The van der Waals surface area contributed by atoms with Gasteiger partial charge in [-0.2, -0.15) is 0 Å². The summed E-state index contributed by atoms with van der Waals surface area (Å²) in [4.78, 5) is 9.43. The predicted octanol–water partition coefficient (Wildman–Crippen LogP) is 4.97. The summed E-state index contributed by atoms with van der Waals surface area (Å²) in [5.74, 6) is 1.39. The zero-order chi connectivity index (χ0) is 23.1. The van der Waals surface area contributed by atoms with E-state index in [1.54, 1.807) is 19.5 Å². The van der Waals surface area contributed by atoms with Crippen molar-refractivity contribution in [2.45, 2.75) is 36.9 Å². The zero-order valence-corrected chi connectivity index (χ0v) is 19.1. The fourth-order valence-corrected chi connectivity index (χ4v) is 5.09. The number of aliphatic imine (C=N–C) groups is 1. The molecule has 6 rings (SSSR count). The second kappa shape index (κ2) is 8.22. The number of amidine groups is 1. The van der Waals surface area contributed by atoms with Crippen LogP contribution in [0.5, 0.6) is 0 Å². The van der Waals surface area contributed by atoms with E-state index in [4.69, 9.17) is 20.6 Å². The molecule has 1 aliphatic carbocycles. The Morgan fingerprint density at radius 2 is 1.68 bits per heavy atom. The van der Waals surface area contributed by atoms with Crippen molar-refractivity contribution in [3.8, 4) is 0 Å². The van der Waals surface area contributed by atoms with Gasteiger partial charge in [0, 0.05) is 29.6 Å². The predicted molar refractivity (Wildman–Crippen MR) is 134 cm³/mol. The largest absolute Gasteiger partial charge is 0.480 e. The van der Waals surface area contributed by atoms with E-state index in [2.05, 4.69) is 53.5 Å². The highest BCUT2D eigenvalue weighted by Gasteiger charge is 2.42. The summed E-state index contributed by atoms with van der Waals surface area (Å²) in [5, 5.41) is 6.85. The zero-order valence-electron chi connectivity index (χ0n) is 19.1. The molecule has 170 valence electrons. The summed E-state index contributed by atoms with van der Waals surface area (Å²) >= 11 is 0. The average molecular weight is 450 g/mol. The number of rotatable bonds is 4. The second-order valence-electron chi connectivity index (χ2n) is 9.17. The number of pyridine rings is 1. The van der Waals surface area contributed by atoms with Gasteiger partial charge in [0.15, 0.2) is 5.84 Å². The van der Waals surface area contributed by atoms with Crippen LogP contribution in [0.15, 0.2) is 95.3 Å². The third kappa shape index (κ3) is 3.42. The Hall–Kier alpha value is -3.77. The van der Waals surface area contributed by atoms with Gasteiger partial charge in [-0.15, -0.1) is 5.10 Å². The highest BCUT2D eigenvalue weighted by Crippen LogP contribution is 2.46. The number of fused-ring (bicyclic) bond motifs is 1. The van der Waals surface area contributed by atoms with E-state index in [1.165, 1.54) is 12.0 Å². The minimum atomic E-state index is -0.175. The van der Waals surface area contributed by atoms with Crippen LogP contribution in [0.4, 0.5) is 0 Å². The summed E-state index contributed by atoms with van der Waals surface area (Å²) in [5.41, 5.74) is 11.9. The normalized spacial score (nSPS) is 22.8. The summed E-state index contributed by atoms with van der Waals surface area (Å²) in [6.07, 6.45) is 8.83. The van der Waals surface area contributed by atoms with Gasteiger partial charge in [0.05, 0.1) is 7.11 Å². The first-order valence-electron chi connectivity index (χ1n) is 11.7. The number of hydrogen-bond acceptors (Lipinski definition) is 6. The molecule has 6 nitrogen and oxygen atoms in total. The Bertz CT molecular complexity index is 1280. The maximum atomic E-state index is 6.57. The number of benzene rings is 2. The lowest BCUT2D eigenvalue weighted by Crippen LogP contribution is -2.43. The molecule has 0 amide bonds. The molecule has 3 aliphatic rings. The van der Waals surface area contributed by atoms with E-state index in [0.717, 1.165) is 40.9 Å². The molecule has 3 heterocycles. The Morgan fingerprint density at radius 3 is 2.32 bits per heavy atom. The number of aromatic nitrogens is 1. The summed E-state index contributed by atoms with van der Waals surface area (Å²) in [6.45, 7) is 0. The van der Waals surface area contributed by atoms with Crippen LogP contribution in [0.25, 0.3) is 5.57 Å². The van der Waals surface area contributed by atoms with Gasteiger partial charge >= 0.3 is 0 Å². The number of hydrazone groups is 1. The molecule has 0 radical (unpaired) electrons. The third-order valence-corrected chi connectivity index (χ3v) is 7.17. The first-order valence-corrected chi connectivity index (χ1v) is 11.7. The van der Waals surface area contributed by atoms with Crippen molar-refractivity contribution in [1.82, 2.24) is 9.99 Å². The van der Waals surface area contributed by atoms with Crippen LogP contribution in [0, 0.1) is 0 Å². The number of ether oxygens (including phenoxy) is 1. The molecule has 6 heteroatoms. The summed E-state index contributed by atoms with van der Waals surface area (Å²) in [7, 11) is 1.65. The van der Waals surface area contributed by atoms with E-state index < -0.39 is 0 Å². The number of nitrogens with zero attached hydrogens (tertiary/aromatic N) is 4. The van der Waals surface area contributed by atoms with Gasteiger partial charge in [-0.3, -0.25) is 9.98 Å². The van der Waals surface area contributed by atoms with E-state index in [0.29, 0.717) is 5.90 Å². The fraction of sp³-hybridized carbons (Fsp3) is 0.250. The van der Waals surface area contributed by atoms with E-state index in [9.17, 15) is 0 Å². The first kappa shape index (κ1) is 20.8. The lowest BCUT2D eigenvalue weighted by Gasteiger charge is -2.38. The maximum Gasteiger partial charge on any atom is 0.231 e. The summed E-state index contributed by atoms with van der Waals surface area (Å²) < 4.78 is 5.60. The Kier molecular flexibility index (Phi) is 5.03. The molecule has 3 aromatic rings. The molecule has 2 unspecified atom stereocenters. The molecule has 2 atom stereocenters. The van der Waals surface area contributed by atoms with E-state index >= 15 is 0 Å². The number of methoxy groups -OCH3 is 1. The van der Waals surface area contributed by atoms with Crippen LogP contribution in [-0.4, -0.2) is 28.8 Å². The monoisotopic (exact) mass is 449 g/mol. The maximum absolute atomic E-state index is 6.57. The average Bonchev–Trinajstić information content (AvgIpc) is 3.27. The highest BCUT2D eigenvalue weighted by molar-refractivity contribution is 6.28. The molecule has 34 heavy (non-hydrogen) atoms. The minimum Gasteiger partial charge on any atom is -0.480 e. The molecule has 1 saturated carbocycles. The van der Waals surface area contributed by atoms with Crippen molar-refractivity contribution in [2.24, 2.45) is 15.8 Å². The van der Waals surface area contributed by atoms with Gasteiger partial charge in [0.1, 0.15) is 12.1 Å². The third-order valence-electron chi connectivity index (χ3n) is 7.17. The van der Waals surface area contributed by atoms with Crippen LogP contribution < -0.4 is 5.73 Å². The molecule has 1 fully saturated rings. The minimum absolute atomic E-state index is 0.0896. The topological polar surface area (TPSA) is 76.1 Å². The number of nitrogens with two attached hydrogens (primary N) is 1. The molecule has 2 aromatic carbocycles. The van der Waals surface area contributed by atoms with Gasteiger partial charge in [-0.1, -0.05) is 54.6 Å². The van der Waals surface area contributed by atoms with Gasteiger partial charge in [0.25, 0.3) is 0 Å². The molecular weight excluding hydrogens is 422 g/mol. The van der Waals surface area contributed by atoms with Gasteiger partial charge < -0.3 is 10.5 Å². The Labute approximate surface area is 199 Å². The highest BCUT2D eigenvalue weighted by atomic mass is 16.5. The van der Waals surface area contributed by atoms with Crippen LogP contribution in [-0.2, 0) is 10.3 Å². The lowest BCUT2D eigenvalue weighted by atomic mass is 9.72. The number of hydrogen-bond donors (Lipinski definition) is 1. The molecule has 2 aliphatic heterocycles. The van der Waals surface area contributed by atoms with Crippen LogP contribution in [0.2, 0.25) is 0 Å². The van der Waals surface area contributed by atoms with E-state index in [1.807, 2.05) is 29.3 Å². The Morgan fingerprint density at radius 1 is 0.941 bits per heavy atom. The van der Waals surface area contributed by atoms with Gasteiger partial charge in [-0.05, 0) is 53.6 Å². The quantitative estimate of drug-likeness (QED) is 0.610. The Balaban J connectivity index is 1.46. The van der Waals surface area contributed by atoms with Crippen molar-refractivity contribution in [3.63, 3.8) is 0 Å². The van der Waals surface area contributed by atoms with Crippen molar-refractivity contribution < 1.29 is 4.74 Å². The standard InChI is InChI=1S/C28H27N5O/c1-34-24-18-23(19-12-16-30-17-13-19)27-31-25(26(33(27)32-24)21-6-3-2-4-7-21)20-8-10-22(11-9-20)28(29)14-5-15-28/h2-4,6-13,16-18,25-26H,5,14-15,29H2,1H3. The second-order valence-corrected chi connectivity index (χ2v) is 9.17. The molecular formula is C28H27N5O. The van der Waals surface area contributed by atoms with Gasteiger partial charge in [-0.25, -0.2) is 5.01 Å². The first-order chi connectivity index (χ1) is 16.7.